The third-order valence-corrected chi connectivity index (χ3v) is 2.46. The Morgan fingerprint density at radius 3 is 2.61 bits per heavy atom. The van der Waals surface area contributed by atoms with E-state index in [-0.39, 0.29) is 12.0 Å². The Balaban J connectivity index is 2.65. The van der Waals surface area contributed by atoms with Gasteiger partial charge in [0.15, 0.2) is 5.82 Å². The summed E-state index contributed by atoms with van der Waals surface area (Å²) in [6, 6.07) is 1.98. The van der Waals surface area contributed by atoms with Crippen LogP contribution in [0.15, 0.2) is 12.3 Å². The topological polar surface area (TPSA) is 97.0 Å². The SMILES string of the molecule is CC(C)Nc1nc([C@@H](C)O)cc2cnc(N)nc12. The van der Waals surface area contributed by atoms with E-state index in [4.69, 9.17) is 5.73 Å². The van der Waals surface area contributed by atoms with Crippen LogP contribution in [0.1, 0.15) is 32.6 Å². The lowest BCUT2D eigenvalue weighted by Crippen LogP contribution is -2.13. The van der Waals surface area contributed by atoms with Gasteiger partial charge in [-0.2, -0.15) is 0 Å². The van der Waals surface area contributed by atoms with E-state index in [9.17, 15) is 5.11 Å². The molecule has 0 fully saturated rings. The van der Waals surface area contributed by atoms with E-state index in [2.05, 4.69) is 20.3 Å². The molecule has 4 N–H and O–H groups in total. The van der Waals surface area contributed by atoms with Gasteiger partial charge in [0.1, 0.15) is 5.52 Å². The third-order valence-electron chi connectivity index (χ3n) is 2.46. The summed E-state index contributed by atoms with van der Waals surface area (Å²) in [5.41, 5.74) is 6.84. The van der Waals surface area contributed by atoms with E-state index in [1.807, 2.05) is 13.8 Å². The van der Waals surface area contributed by atoms with Gasteiger partial charge >= 0.3 is 0 Å². The minimum atomic E-state index is -0.639. The number of nitrogens with two attached hydrogens (primary N) is 1. The minimum Gasteiger partial charge on any atom is -0.387 e. The van der Waals surface area contributed by atoms with Gasteiger partial charge in [-0.05, 0) is 26.8 Å². The molecule has 0 radical (unpaired) electrons. The first kappa shape index (κ1) is 12.5. The zero-order valence-corrected chi connectivity index (χ0v) is 10.7. The number of anilines is 2. The van der Waals surface area contributed by atoms with Crippen LogP contribution < -0.4 is 11.1 Å². The molecule has 96 valence electrons. The van der Waals surface area contributed by atoms with Crippen molar-refractivity contribution in [2.24, 2.45) is 0 Å². The van der Waals surface area contributed by atoms with Crippen LogP contribution in [-0.2, 0) is 0 Å². The number of nitrogen functional groups attached to an aromatic ring is 1. The molecule has 0 aliphatic heterocycles. The number of aromatic nitrogens is 3. The number of aliphatic hydroxyl groups excluding tert-OH is 1. The zero-order chi connectivity index (χ0) is 13.3. The monoisotopic (exact) mass is 247 g/mol. The Morgan fingerprint density at radius 2 is 2.00 bits per heavy atom. The van der Waals surface area contributed by atoms with Crippen molar-refractivity contribution in [1.29, 1.82) is 0 Å². The average molecular weight is 247 g/mol. The largest absolute Gasteiger partial charge is 0.387 e. The Hall–Kier alpha value is -1.95. The Labute approximate surface area is 105 Å². The first-order chi connectivity index (χ1) is 8.47. The fourth-order valence-electron chi connectivity index (χ4n) is 1.66. The second-order valence-corrected chi connectivity index (χ2v) is 4.54. The fraction of sp³-hybridized carbons (Fsp3) is 0.417. The normalized spacial score (nSPS) is 12.9. The molecule has 6 heteroatoms. The average Bonchev–Trinajstić information content (AvgIpc) is 2.28. The van der Waals surface area contributed by atoms with E-state index in [1.165, 1.54) is 0 Å². The summed E-state index contributed by atoms with van der Waals surface area (Å²) in [6.45, 7) is 5.69. The summed E-state index contributed by atoms with van der Waals surface area (Å²) in [7, 11) is 0. The van der Waals surface area contributed by atoms with Crippen LogP contribution in [0.25, 0.3) is 10.9 Å². The highest BCUT2D eigenvalue weighted by molar-refractivity contribution is 5.88. The summed E-state index contributed by atoms with van der Waals surface area (Å²) in [5.74, 6) is 0.827. The van der Waals surface area contributed by atoms with Gasteiger partial charge in [0, 0.05) is 17.6 Å². The molecule has 0 unspecified atom stereocenters. The van der Waals surface area contributed by atoms with Crippen molar-refractivity contribution in [3.05, 3.63) is 18.0 Å². The van der Waals surface area contributed by atoms with Gasteiger partial charge < -0.3 is 16.2 Å². The molecular formula is C12H17N5O. The Morgan fingerprint density at radius 1 is 1.28 bits per heavy atom. The van der Waals surface area contributed by atoms with Crippen LogP contribution in [0.5, 0.6) is 0 Å². The maximum absolute atomic E-state index is 9.64. The highest BCUT2D eigenvalue weighted by Gasteiger charge is 2.12. The van der Waals surface area contributed by atoms with Crippen molar-refractivity contribution in [2.45, 2.75) is 32.9 Å². The van der Waals surface area contributed by atoms with Crippen molar-refractivity contribution in [3.63, 3.8) is 0 Å². The molecule has 0 saturated heterocycles. The van der Waals surface area contributed by atoms with Gasteiger partial charge in [-0.3, -0.25) is 0 Å². The Bertz CT molecular complexity index is 568. The highest BCUT2D eigenvalue weighted by atomic mass is 16.3. The number of pyridine rings is 1. The van der Waals surface area contributed by atoms with E-state index >= 15 is 0 Å². The van der Waals surface area contributed by atoms with Gasteiger partial charge in [-0.25, -0.2) is 15.0 Å². The lowest BCUT2D eigenvalue weighted by molar-refractivity contribution is 0.194. The van der Waals surface area contributed by atoms with E-state index in [1.54, 1.807) is 19.2 Å². The van der Waals surface area contributed by atoms with Crippen molar-refractivity contribution >= 4 is 22.7 Å². The van der Waals surface area contributed by atoms with Crippen molar-refractivity contribution in [3.8, 4) is 0 Å². The molecule has 0 aliphatic carbocycles. The molecule has 2 rings (SSSR count). The second kappa shape index (κ2) is 4.73. The van der Waals surface area contributed by atoms with Gasteiger partial charge in [-0.15, -0.1) is 0 Å². The molecule has 1 atom stereocenters. The van der Waals surface area contributed by atoms with Gasteiger partial charge in [0.2, 0.25) is 5.95 Å². The number of nitrogens with one attached hydrogen (secondary N) is 1. The maximum Gasteiger partial charge on any atom is 0.220 e. The summed E-state index contributed by atoms with van der Waals surface area (Å²) in [4.78, 5) is 12.5. The quantitative estimate of drug-likeness (QED) is 0.760. The maximum atomic E-state index is 9.64. The number of aliphatic hydroxyl groups is 1. The molecule has 0 aromatic carbocycles. The van der Waals surface area contributed by atoms with E-state index < -0.39 is 6.10 Å². The molecule has 2 aromatic heterocycles. The fourth-order valence-corrected chi connectivity index (χ4v) is 1.66. The van der Waals surface area contributed by atoms with Crippen LogP contribution in [0.4, 0.5) is 11.8 Å². The van der Waals surface area contributed by atoms with Crippen molar-refractivity contribution < 1.29 is 5.11 Å². The van der Waals surface area contributed by atoms with Crippen LogP contribution in [0, 0.1) is 0 Å². The molecule has 18 heavy (non-hydrogen) atoms. The van der Waals surface area contributed by atoms with Gasteiger partial charge in [0.05, 0.1) is 11.8 Å². The smallest absolute Gasteiger partial charge is 0.220 e. The first-order valence-electron chi connectivity index (χ1n) is 5.85. The molecule has 2 heterocycles. The lowest BCUT2D eigenvalue weighted by Gasteiger charge is -2.14. The lowest BCUT2D eigenvalue weighted by atomic mass is 10.2. The molecule has 2 aromatic rings. The summed E-state index contributed by atoms with van der Waals surface area (Å²) < 4.78 is 0. The summed E-state index contributed by atoms with van der Waals surface area (Å²) >= 11 is 0. The van der Waals surface area contributed by atoms with Gasteiger partial charge in [-0.1, -0.05) is 0 Å². The highest BCUT2D eigenvalue weighted by Crippen LogP contribution is 2.24. The second-order valence-electron chi connectivity index (χ2n) is 4.54. The zero-order valence-electron chi connectivity index (χ0n) is 10.7. The summed E-state index contributed by atoms with van der Waals surface area (Å²) in [5, 5.41) is 13.6. The molecular weight excluding hydrogens is 230 g/mol. The van der Waals surface area contributed by atoms with Crippen molar-refractivity contribution in [2.75, 3.05) is 11.1 Å². The number of rotatable bonds is 3. The Kier molecular flexibility index (Phi) is 3.29. The van der Waals surface area contributed by atoms with E-state index in [0.717, 1.165) is 5.39 Å². The summed E-state index contributed by atoms with van der Waals surface area (Å²) in [6.07, 6.45) is 0.996. The molecule has 0 spiro atoms. The molecule has 0 amide bonds. The van der Waals surface area contributed by atoms with Crippen LogP contribution in [0.2, 0.25) is 0 Å². The van der Waals surface area contributed by atoms with Crippen molar-refractivity contribution in [1.82, 2.24) is 15.0 Å². The predicted octanol–water partition coefficient (Wildman–Crippen LogP) is 1.48. The number of nitrogens with zero attached hydrogens (tertiary/aromatic N) is 3. The van der Waals surface area contributed by atoms with Gasteiger partial charge in [0.25, 0.3) is 0 Å². The molecule has 0 saturated carbocycles. The molecule has 0 bridgehead atoms. The number of hydrogen-bond donors (Lipinski definition) is 3. The van der Waals surface area contributed by atoms with Crippen LogP contribution >= 0.6 is 0 Å². The van der Waals surface area contributed by atoms with Crippen LogP contribution in [-0.4, -0.2) is 26.1 Å². The molecule has 0 aliphatic rings. The predicted molar refractivity (Wildman–Crippen MR) is 71.1 cm³/mol. The standard InChI is InChI=1S/C12H17N5O/c1-6(2)15-11-10-8(5-14-12(13)17-10)4-9(16-11)7(3)18/h4-7,18H,1-3H3,(H,15,16)(H2,13,14,17)/t7-/m1/s1. The number of fused-ring (bicyclic) bond motifs is 1. The minimum absolute atomic E-state index is 0.209. The molecule has 6 nitrogen and oxygen atoms in total. The van der Waals surface area contributed by atoms with Crippen LogP contribution in [0.3, 0.4) is 0 Å². The number of hydrogen-bond acceptors (Lipinski definition) is 6. The van der Waals surface area contributed by atoms with E-state index in [0.29, 0.717) is 17.0 Å². The first-order valence-corrected chi connectivity index (χ1v) is 5.85. The third kappa shape index (κ3) is 2.48.